The Morgan fingerprint density at radius 2 is 2.21 bits per heavy atom. The number of nitrogens with zero attached hydrogens (tertiary/aromatic N) is 1. The Balaban J connectivity index is 1.92. The van der Waals surface area contributed by atoms with Crippen LogP contribution in [0.4, 0.5) is 10.5 Å². The fourth-order valence-electron chi connectivity index (χ4n) is 2.24. The number of anilines is 1. The summed E-state index contributed by atoms with van der Waals surface area (Å²) in [4.78, 5) is 24.6. The lowest BCUT2D eigenvalue weighted by Gasteiger charge is -2.22. The highest BCUT2D eigenvalue weighted by Crippen LogP contribution is 2.17. The third-order valence-electron chi connectivity index (χ3n) is 3.19. The van der Waals surface area contributed by atoms with Crippen molar-refractivity contribution in [2.45, 2.75) is 25.8 Å². The van der Waals surface area contributed by atoms with Crippen LogP contribution in [0.25, 0.3) is 0 Å². The number of primary amides is 1. The Hall–Kier alpha value is -2.24. The minimum absolute atomic E-state index is 0.238. The maximum absolute atomic E-state index is 12.0. The normalized spacial score (nSPS) is 18.2. The number of urea groups is 1. The van der Waals surface area contributed by atoms with E-state index in [2.05, 4.69) is 10.9 Å². The minimum atomic E-state index is -0.548. The van der Waals surface area contributed by atoms with E-state index >= 15 is 0 Å². The van der Waals surface area contributed by atoms with Gasteiger partial charge in [0, 0.05) is 6.54 Å². The van der Waals surface area contributed by atoms with Crippen LogP contribution in [0.15, 0.2) is 24.3 Å². The molecule has 0 aliphatic carbocycles. The summed E-state index contributed by atoms with van der Waals surface area (Å²) in [6.45, 7) is 2.51. The molecule has 1 saturated heterocycles. The third kappa shape index (κ3) is 3.15. The van der Waals surface area contributed by atoms with Gasteiger partial charge in [0.15, 0.2) is 0 Å². The monoisotopic (exact) mass is 262 g/mol. The SMILES string of the molecule is Cc1cccc(NNC(=O)C2CCCN2C(N)=O)c1. The molecule has 0 aromatic heterocycles. The average Bonchev–Trinajstić information content (AvgIpc) is 2.85. The molecular formula is C13H18N4O2. The number of rotatable bonds is 3. The molecule has 0 bridgehead atoms. The van der Waals surface area contributed by atoms with Gasteiger partial charge >= 0.3 is 6.03 Å². The zero-order valence-corrected chi connectivity index (χ0v) is 10.8. The summed E-state index contributed by atoms with van der Waals surface area (Å²) in [5, 5.41) is 0. The molecule has 0 radical (unpaired) electrons. The first-order valence-corrected chi connectivity index (χ1v) is 6.26. The molecule has 1 atom stereocenters. The van der Waals surface area contributed by atoms with Crippen molar-refractivity contribution < 1.29 is 9.59 Å². The topological polar surface area (TPSA) is 87.5 Å². The second-order valence-electron chi connectivity index (χ2n) is 4.67. The van der Waals surface area contributed by atoms with Gasteiger partial charge in [-0.3, -0.25) is 15.6 Å². The largest absolute Gasteiger partial charge is 0.351 e. The molecule has 19 heavy (non-hydrogen) atoms. The fraction of sp³-hybridized carbons (Fsp3) is 0.385. The maximum Gasteiger partial charge on any atom is 0.315 e. The van der Waals surface area contributed by atoms with Gasteiger partial charge in [0.25, 0.3) is 5.91 Å². The van der Waals surface area contributed by atoms with Crippen molar-refractivity contribution in [3.05, 3.63) is 29.8 Å². The van der Waals surface area contributed by atoms with E-state index in [1.54, 1.807) is 0 Å². The quantitative estimate of drug-likeness (QED) is 0.710. The van der Waals surface area contributed by atoms with E-state index in [1.807, 2.05) is 31.2 Å². The molecule has 0 spiro atoms. The third-order valence-corrected chi connectivity index (χ3v) is 3.19. The average molecular weight is 262 g/mol. The first-order chi connectivity index (χ1) is 9.08. The maximum atomic E-state index is 12.0. The second kappa shape index (κ2) is 5.60. The summed E-state index contributed by atoms with van der Waals surface area (Å²) in [5.41, 5.74) is 12.6. The van der Waals surface area contributed by atoms with Crippen LogP contribution in [0.3, 0.4) is 0 Å². The lowest BCUT2D eigenvalue weighted by atomic mass is 10.2. The standard InChI is InChI=1S/C13H18N4O2/c1-9-4-2-5-10(8-9)15-16-12(18)11-6-3-7-17(11)13(14)19/h2,4-5,8,11,15H,3,6-7H2,1H3,(H2,14,19)(H,16,18). The van der Waals surface area contributed by atoms with Gasteiger partial charge in [-0.2, -0.15) is 0 Å². The molecular weight excluding hydrogens is 244 g/mol. The van der Waals surface area contributed by atoms with Gasteiger partial charge in [-0.05, 0) is 37.5 Å². The predicted octanol–water partition coefficient (Wildman–Crippen LogP) is 0.981. The smallest absolute Gasteiger partial charge is 0.315 e. The van der Waals surface area contributed by atoms with Gasteiger partial charge in [0.2, 0.25) is 0 Å². The number of likely N-dealkylation sites (tertiary alicyclic amines) is 1. The number of hydrogen-bond donors (Lipinski definition) is 3. The molecule has 1 heterocycles. The van der Waals surface area contributed by atoms with E-state index in [0.29, 0.717) is 13.0 Å². The van der Waals surface area contributed by atoms with Crippen LogP contribution in [-0.4, -0.2) is 29.4 Å². The first-order valence-electron chi connectivity index (χ1n) is 6.26. The highest BCUT2D eigenvalue weighted by molar-refractivity contribution is 5.87. The minimum Gasteiger partial charge on any atom is -0.351 e. The lowest BCUT2D eigenvalue weighted by molar-refractivity contribution is -0.124. The summed E-state index contributed by atoms with van der Waals surface area (Å²) in [5.74, 6) is -0.238. The number of nitrogens with one attached hydrogen (secondary N) is 2. The molecule has 1 unspecified atom stereocenters. The molecule has 2 rings (SSSR count). The number of aryl methyl sites for hydroxylation is 1. The van der Waals surface area contributed by atoms with Gasteiger partial charge in [-0.15, -0.1) is 0 Å². The highest BCUT2D eigenvalue weighted by Gasteiger charge is 2.32. The van der Waals surface area contributed by atoms with Crippen molar-refractivity contribution in [1.29, 1.82) is 0 Å². The van der Waals surface area contributed by atoms with Gasteiger partial charge < -0.3 is 10.6 Å². The van der Waals surface area contributed by atoms with Crippen molar-refractivity contribution in [3.63, 3.8) is 0 Å². The number of carbonyl (C=O) groups is 2. The zero-order valence-electron chi connectivity index (χ0n) is 10.8. The molecule has 1 fully saturated rings. The van der Waals surface area contributed by atoms with E-state index in [1.165, 1.54) is 4.90 Å². The molecule has 1 aromatic carbocycles. The highest BCUT2D eigenvalue weighted by atomic mass is 16.2. The Bertz CT molecular complexity index is 489. The summed E-state index contributed by atoms with van der Waals surface area (Å²) >= 11 is 0. The molecule has 6 nitrogen and oxygen atoms in total. The summed E-state index contributed by atoms with van der Waals surface area (Å²) in [7, 11) is 0. The number of nitrogens with two attached hydrogens (primary N) is 1. The number of amides is 3. The van der Waals surface area contributed by atoms with Crippen molar-refractivity contribution in [2.75, 3.05) is 12.0 Å². The molecule has 102 valence electrons. The van der Waals surface area contributed by atoms with Crippen LogP contribution in [0.2, 0.25) is 0 Å². The Labute approximate surface area is 111 Å². The van der Waals surface area contributed by atoms with Crippen LogP contribution in [0.1, 0.15) is 18.4 Å². The summed E-state index contributed by atoms with van der Waals surface area (Å²) in [6, 6.07) is 6.62. The van der Waals surface area contributed by atoms with Crippen LogP contribution < -0.4 is 16.6 Å². The van der Waals surface area contributed by atoms with Crippen LogP contribution in [0.5, 0.6) is 0 Å². The van der Waals surface area contributed by atoms with Crippen molar-refractivity contribution in [2.24, 2.45) is 5.73 Å². The van der Waals surface area contributed by atoms with E-state index in [4.69, 9.17) is 5.73 Å². The zero-order chi connectivity index (χ0) is 13.8. The summed E-state index contributed by atoms with van der Waals surface area (Å²) < 4.78 is 0. The first kappa shape index (κ1) is 13.2. The molecule has 0 saturated carbocycles. The van der Waals surface area contributed by atoms with Crippen LogP contribution in [0, 0.1) is 6.92 Å². The lowest BCUT2D eigenvalue weighted by Crippen LogP contribution is -2.49. The van der Waals surface area contributed by atoms with Crippen LogP contribution in [-0.2, 0) is 4.79 Å². The van der Waals surface area contributed by atoms with Gasteiger partial charge in [-0.25, -0.2) is 4.79 Å². The van der Waals surface area contributed by atoms with Crippen molar-refractivity contribution in [3.8, 4) is 0 Å². The van der Waals surface area contributed by atoms with Crippen LogP contribution >= 0.6 is 0 Å². The number of hydrogen-bond acceptors (Lipinski definition) is 3. The molecule has 1 aromatic rings. The summed E-state index contributed by atoms with van der Waals surface area (Å²) in [6.07, 6.45) is 1.44. The molecule has 1 aliphatic heterocycles. The van der Waals surface area contributed by atoms with E-state index in [9.17, 15) is 9.59 Å². The van der Waals surface area contributed by atoms with Gasteiger partial charge in [0.1, 0.15) is 6.04 Å². The molecule has 1 aliphatic rings. The predicted molar refractivity (Wildman–Crippen MR) is 72.3 cm³/mol. The van der Waals surface area contributed by atoms with Gasteiger partial charge in [0.05, 0.1) is 5.69 Å². The number of hydrazine groups is 1. The van der Waals surface area contributed by atoms with E-state index in [-0.39, 0.29) is 5.91 Å². The Morgan fingerprint density at radius 1 is 1.42 bits per heavy atom. The van der Waals surface area contributed by atoms with E-state index in [0.717, 1.165) is 17.7 Å². The Kier molecular flexibility index (Phi) is 3.89. The second-order valence-corrected chi connectivity index (χ2v) is 4.67. The number of benzene rings is 1. The number of carbonyl (C=O) groups excluding carboxylic acids is 2. The van der Waals surface area contributed by atoms with E-state index < -0.39 is 12.1 Å². The fourth-order valence-corrected chi connectivity index (χ4v) is 2.24. The van der Waals surface area contributed by atoms with Crippen molar-refractivity contribution in [1.82, 2.24) is 10.3 Å². The molecule has 3 amide bonds. The Morgan fingerprint density at radius 3 is 2.89 bits per heavy atom. The van der Waals surface area contributed by atoms with Crippen molar-refractivity contribution >= 4 is 17.6 Å². The van der Waals surface area contributed by atoms with Gasteiger partial charge in [-0.1, -0.05) is 12.1 Å². The molecule has 6 heteroatoms. The molecule has 4 N–H and O–H groups in total.